The van der Waals surface area contributed by atoms with Gasteiger partial charge in [0.25, 0.3) is 0 Å². The second-order valence-corrected chi connectivity index (χ2v) is 11.8. The van der Waals surface area contributed by atoms with Crippen LogP contribution in [0, 0.1) is 17.3 Å². The molecule has 1 aromatic heterocycles. The van der Waals surface area contributed by atoms with Gasteiger partial charge in [0.1, 0.15) is 0 Å². The highest BCUT2D eigenvalue weighted by molar-refractivity contribution is 7.92. The fourth-order valence-electron chi connectivity index (χ4n) is 5.34. The maximum absolute atomic E-state index is 12.0. The Morgan fingerprint density at radius 3 is 2.41 bits per heavy atom. The lowest BCUT2D eigenvalue weighted by Gasteiger charge is -2.39. The first-order valence-corrected chi connectivity index (χ1v) is 12.4. The zero-order chi connectivity index (χ0) is 21.0. The fraction of sp³-hybridized carbons (Fsp3) is 0.850. The van der Waals surface area contributed by atoms with Gasteiger partial charge in [0, 0.05) is 30.2 Å². The molecule has 4 aliphatic rings. The number of hydrogen-bond donors (Lipinski definition) is 0. The quantitative estimate of drug-likeness (QED) is 0.712. The van der Waals surface area contributed by atoms with Crippen LogP contribution in [0.3, 0.4) is 0 Å². The third kappa shape index (κ3) is 4.65. The van der Waals surface area contributed by atoms with Gasteiger partial charge in [-0.3, -0.25) is 9.58 Å². The molecule has 1 aromatic rings. The normalized spacial score (nSPS) is 32.4. The molecule has 5 nitrogen and oxygen atoms in total. The smallest absolute Gasteiger partial charge is 0.300 e. The first-order chi connectivity index (χ1) is 13.5. The van der Waals surface area contributed by atoms with Crippen LogP contribution >= 0.6 is 0 Å². The van der Waals surface area contributed by atoms with Crippen LogP contribution in [0.1, 0.15) is 57.7 Å². The Morgan fingerprint density at radius 1 is 1.17 bits per heavy atom. The van der Waals surface area contributed by atoms with E-state index in [-0.39, 0.29) is 11.5 Å². The SMILES string of the molecule is CC(C)n1ccc(C(F)(F)F)n1.O=S1(=O)CC2(CCN([C@@H]3CC[C@@H]4C[C@@H]4C3)C2)C1. The molecule has 5 rings (SSSR count). The maximum Gasteiger partial charge on any atom is 0.435 e. The van der Waals surface area contributed by atoms with Gasteiger partial charge in [0.2, 0.25) is 0 Å². The zero-order valence-electron chi connectivity index (χ0n) is 17.0. The standard InChI is InChI=1S/C13H21NO2S.C7H9F3N2/c15-17(16)8-13(9-17)3-4-14(7-13)12-2-1-10-5-11(10)6-12;1-5(2)12-4-3-6(11-12)7(8,9)10/h10-12H,1-9H2;3-5H,1-2H3/t10-,11-,12-;/m1./s1. The number of fused-ring (bicyclic) bond motifs is 1. The molecule has 3 heterocycles. The number of hydrogen-bond acceptors (Lipinski definition) is 4. The van der Waals surface area contributed by atoms with Crippen LogP contribution in [-0.4, -0.2) is 53.7 Å². The maximum atomic E-state index is 12.0. The summed E-state index contributed by atoms with van der Waals surface area (Å²) in [4.78, 5) is 2.61. The van der Waals surface area contributed by atoms with E-state index in [4.69, 9.17) is 0 Å². The number of nitrogens with zero attached hydrogens (tertiary/aromatic N) is 3. The average molecular weight is 434 g/mol. The van der Waals surface area contributed by atoms with Crippen molar-refractivity contribution in [1.29, 1.82) is 0 Å². The average Bonchev–Trinajstić information content (AvgIpc) is 3.00. The summed E-state index contributed by atoms with van der Waals surface area (Å²) in [6.07, 6.45) is 3.78. The van der Waals surface area contributed by atoms with E-state index in [0.29, 0.717) is 11.5 Å². The summed E-state index contributed by atoms with van der Waals surface area (Å²) in [5.74, 6) is 3.02. The molecule has 4 fully saturated rings. The van der Waals surface area contributed by atoms with Crippen molar-refractivity contribution >= 4 is 9.84 Å². The summed E-state index contributed by atoms with van der Waals surface area (Å²) in [6.45, 7) is 5.76. The molecule has 0 radical (unpaired) electrons. The van der Waals surface area contributed by atoms with Gasteiger partial charge < -0.3 is 0 Å². The van der Waals surface area contributed by atoms with E-state index in [0.717, 1.165) is 43.5 Å². The highest BCUT2D eigenvalue weighted by Gasteiger charge is 2.54. The van der Waals surface area contributed by atoms with E-state index < -0.39 is 21.7 Å². The van der Waals surface area contributed by atoms with Crippen molar-refractivity contribution < 1.29 is 21.6 Å². The van der Waals surface area contributed by atoms with E-state index in [1.54, 1.807) is 13.8 Å². The van der Waals surface area contributed by atoms with E-state index in [2.05, 4.69) is 10.00 Å². The third-order valence-electron chi connectivity index (χ3n) is 6.98. The minimum absolute atomic E-state index is 0.0406. The Bertz CT molecular complexity index is 837. The van der Waals surface area contributed by atoms with Crippen LogP contribution in [-0.2, 0) is 16.0 Å². The van der Waals surface area contributed by atoms with Crippen molar-refractivity contribution in [3.05, 3.63) is 18.0 Å². The van der Waals surface area contributed by atoms with Crippen molar-refractivity contribution in [1.82, 2.24) is 14.7 Å². The topological polar surface area (TPSA) is 55.2 Å². The Kier molecular flexibility index (Phi) is 5.29. The summed E-state index contributed by atoms with van der Waals surface area (Å²) < 4.78 is 60.0. The molecule has 9 heteroatoms. The highest BCUT2D eigenvalue weighted by atomic mass is 32.2. The van der Waals surface area contributed by atoms with Crippen LogP contribution in [0.5, 0.6) is 0 Å². The molecular formula is C20H30F3N3O2S. The van der Waals surface area contributed by atoms with Gasteiger partial charge in [0.05, 0.1) is 11.5 Å². The molecule has 164 valence electrons. The molecule has 1 spiro atoms. The van der Waals surface area contributed by atoms with Gasteiger partial charge in [-0.25, -0.2) is 8.42 Å². The number of alkyl halides is 3. The molecule has 2 saturated carbocycles. The summed E-state index contributed by atoms with van der Waals surface area (Å²) in [6, 6.07) is 1.71. The highest BCUT2D eigenvalue weighted by Crippen LogP contribution is 2.52. The summed E-state index contributed by atoms with van der Waals surface area (Å²) in [5.41, 5.74) is -0.671. The minimum atomic E-state index is -4.33. The molecule has 0 unspecified atom stereocenters. The Labute approximate surface area is 170 Å². The monoisotopic (exact) mass is 433 g/mol. The predicted molar refractivity (Wildman–Crippen MR) is 104 cm³/mol. The first kappa shape index (κ1) is 21.2. The van der Waals surface area contributed by atoms with Gasteiger partial charge in [-0.05, 0) is 70.4 Å². The second-order valence-electron chi connectivity index (χ2n) is 9.75. The molecule has 0 bridgehead atoms. The molecule has 0 aromatic carbocycles. The van der Waals surface area contributed by atoms with Crippen molar-refractivity contribution in [3.63, 3.8) is 0 Å². The van der Waals surface area contributed by atoms with Crippen molar-refractivity contribution in [2.45, 2.75) is 64.2 Å². The number of sulfone groups is 1. The van der Waals surface area contributed by atoms with Gasteiger partial charge >= 0.3 is 6.18 Å². The van der Waals surface area contributed by atoms with E-state index >= 15 is 0 Å². The van der Waals surface area contributed by atoms with E-state index in [1.807, 2.05) is 0 Å². The van der Waals surface area contributed by atoms with Crippen LogP contribution in [0.15, 0.2) is 12.3 Å². The molecular weight excluding hydrogens is 403 g/mol. The Hall–Kier alpha value is -1.09. The lowest BCUT2D eigenvalue weighted by atomic mass is 9.90. The molecule has 3 atom stereocenters. The third-order valence-corrected chi connectivity index (χ3v) is 9.08. The van der Waals surface area contributed by atoms with Gasteiger partial charge in [-0.1, -0.05) is 0 Å². The van der Waals surface area contributed by atoms with Crippen molar-refractivity contribution in [3.8, 4) is 0 Å². The predicted octanol–water partition coefficient (Wildman–Crippen LogP) is 3.78. The summed E-state index contributed by atoms with van der Waals surface area (Å²) in [5, 5.41) is 3.37. The molecule has 0 amide bonds. The van der Waals surface area contributed by atoms with Crippen LogP contribution in [0.2, 0.25) is 0 Å². The number of likely N-dealkylation sites (tertiary alicyclic amines) is 1. The number of halogens is 3. The first-order valence-electron chi connectivity index (χ1n) is 10.5. The zero-order valence-corrected chi connectivity index (χ0v) is 17.8. The van der Waals surface area contributed by atoms with Gasteiger partial charge in [0.15, 0.2) is 15.5 Å². The molecule has 2 aliphatic carbocycles. The minimum Gasteiger partial charge on any atom is -0.300 e. The molecule has 0 N–H and O–H groups in total. The Balaban J connectivity index is 0.000000152. The number of rotatable bonds is 2. The molecule has 29 heavy (non-hydrogen) atoms. The lowest BCUT2D eigenvalue weighted by molar-refractivity contribution is -0.141. The second kappa shape index (κ2) is 7.25. The van der Waals surface area contributed by atoms with Crippen molar-refractivity contribution in [2.24, 2.45) is 17.3 Å². The lowest BCUT2D eigenvalue weighted by Crippen LogP contribution is -2.51. The van der Waals surface area contributed by atoms with Gasteiger partial charge in [-0.2, -0.15) is 18.3 Å². The Morgan fingerprint density at radius 2 is 1.90 bits per heavy atom. The number of aromatic nitrogens is 2. The molecule has 2 aliphatic heterocycles. The van der Waals surface area contributed by atoms with Gasteiger partial charge in [-0.15, -0.1) is 0 Å². The summed E-state index contributed by atoms with van der Waals surface area (Å²) >= 11 is 0. The van der Waals surface area contributed by atoms with Crippen LogP contribution in [0.25, 0.3) is 0 Å². The van der Waals surface area contributed by atoms with Crippen LogP contribution in [0.4, 0.5) is 13.2 Å². The van der Waals surface area contributed by atoms with E-state index in [9.17, 15) is 21.6 Å². The van der Waals surface area contributed by atoms with Crippen LogP contribution < -0.4 is 0 Å². The van der Waals surface area contributed by atoms with Crippen molar-refractivity contribution in [2.75, 3.05) is 24.6 Å². The molecule has 2 saturated heterocycles. The summed E-state index contributed by atoms with van der Waals surface area (Å²) in [7, 11) is -2.66. The fourth-order valence-corrected chi connectivity index (χ4v) is 7.60. The largest absolute Gasteiger partial charge is 0.435 e. The van der Waals surface area contributed by atoms with E-state index in [1.165, 1.54) is 36.6 Å².